The fraction of sp³-hybridized carbons (Fsp3) is 0.542. The highest BCUT2D eigenvalue weighted by Crippen LogP contribution is 2.50. The monoisotopic (exact) mass is 392 g/mol. The molecule has 5 heteroatoms. The molecule has 3 fully saturated rings. The maximum absolute atomic E-state index is 13.0. The van der Waals surface area contributed by atoms with E-state index in [4.69, 9.17) is 0 Å². The van der Waals surface area contributed by atoms with E-state index in [0.717, 1.165) is 31.2 Å². The molecule has 1 aromatic rings. The van der Waals surface area contributed by atoms with Crippen molar-refractivity contribution >= 4 is 23.4 Å². The normalized spacial score (nSPS) is 31.2. The highest BCUT2D eigenvalue weighted by atomic mass is 16.2. The van der Waals surface area contributed by atoms with E-state index in [1.54, 1.807) is 0 Å². The molecule has 4 unspecified atom stereocenters. The summed E-state index contributed by atoms with van der Waals surface area (Å²) in [6, 6.07) is 7.66. The first-order chi connectivity index (χ1) is 14.1. The highest BCUT2D eigenvalue weighted by molar-refractivity contribution is 6.22. The van der Waals surface area contributed by atoms with Gasteiger partial charge in [-0.15, -0.1) is 0 Å². The van der Waals surface area contributed by atoms with Crippen LogP contribution in [0.25, 0.3) is 0 Å². The molecule has 5 nitrogen and oxygen atoms in total. The topological polar surface area (TPSA) is 66.5 Å². The number of carbonyl (C=O) groups excluding carboxylic acids is 3. The van der Waals surface area contributed by atoms with Crippen molar-refractivity contribution in [1.82, 2.24) is 5.32 Å². The molecular formula is C24H28N2O3. The van der Waals surface area contributed by atoms with Gasteiger partial charge < -0.3 is 5.32 Å². The maximum Gasteiger partial charge on any atom is 0.238 e. The molecule has 0 aromatic heterocycles. The van der Waals surface area contributed by atoms with E-state index in [1.807, 2.05) is 24.3 Å². The van der Waals surface area contributed by atoms with Gasteiger partial charge in [0.05, 0.1) is 23.9 Å². The van der Waals surface area contributed by atoms with Crippen molar-refractivity contribution in [2.45, 2.75) is 57.4 Å². The lowest BCUT2D eigenvalue weighted by atomic mass is 9.63. The Kier molecular flexibility index (Phi) is 4.76. The second-order valence-electron chi connectivity index (χ2n) is 9.10. The van der Waals surface area contributed by atoms with Gasteiger partial charge in [0.2, 0.25) is 17.7 Å². The molecule has 6 rings (SSSR count). The summed E-state index contributed by atoms with van der Waals surface area (Å²) in [5, 5.41) is 3.14. The Balaban J connectivity index is 1.26. The molecule has 0 spiro atoms. The van der Waals surface area contributed by atoms with Crippen LogP contribution in [0.1, 0.15) is 50.5 Å². The van der Waals surface area contributed by atoms with Gasteiger partial charge in [0.1, 0.15) is 0 Å². The summed E-state index contributed by atoms with van der Waals surface area (Å²) >= 11 is 0. The van der Waals surface area contributed by atoms with Crippen LogP contribution in [-0.4, -0.2) is 23.8 Å². The first kappa shape index (κ1) is 18.6. The van der Waals surface area contributed by atoms with E-state index in [0.29, 0.717) is 18.2 Å². The molecule has 5 aliphatic rings. The SMILES string of the molecule is O=C(Cc1ccc(N2C(=O)C3C4C=CC(CC4)C3C2=O)cc1)NC1CCCCC1. The molecule has 4 aliphatic carbocycles. The molecule has 2 bridgehead atoms. The molecule has 1 heterocycles. The van der Waals surface area contributed by atoms with Crippen LogP contribution in [0.3, 0.4) is 0 Å². The number of fused-ring (bicyclic) bond motifs is 1. The third-order valence-corrected chi connectivity index (χ3v) is 7.29. The van der Waals surface area contributed by atoms with E-state index in [9.17, 15) is 14.4 Å². The summed E-state index contributed by atoms with van der Waals surface area (Å²) in [7, 11) is 0. The average molecular weight is 392 g/mol. The van der Waals surface area contributed by atoms with Crippen molar-refractivity contribution in [3.05, 3.63) is 42.0 Å². The number of rotatable bonds is 4. The molecule has 1 saturated heterocycles. The van der Waals surface area contributed by atoms with Crippen LogP contribution in [0.4, 0.5) is 5.69 Å². The fourth-order valence-electron chi connectivity index (χ4n) is 5.80. The third kappa shape index (κ3) is 3.30. The molecule has 2 saturated carbocycles. The van der Waals surface area contributed by atoms with Crippen LogP contribution in [0.2, 0.25) is 0 Å². The van der Waals surface area contributed by atoms with Crippen molar-refractivity contribution in [1.29, 1.82) is 0 Å². The minimum Gasteiger partial charge on any atom is -0.353 e. The van der Waals surface area contributed by atoms with E-state index in [1.165, 1.54) is 24.2 Å². The number of hydrogen-bond donors (Lipinski definition) is 1. The predicted octanol–water partition coefficient (Wildman–Crippen LogP) is 3.38. The Bertz CT molecular complexity index is 821. The van der Waals surface area contributed by atoms with Crippen LogP contribution in [0, 0.1) is 23.7 Å². The van der Waals surface area contributed by atoms with Gasteiger partial charge in [0, 0.05) is 6.04 Å². The van der Waals surface area contributed by atoms with Gasteiger partial charge in [-0.05, 0) is 55.2 Å². The number of amides is 3. The first-order valence-electron chi connectivity index (χ1n) is 11.1. The maximum atomic E-state index is 13.0. The summed E-state index contributed by atoms with van der Waals surface area (Å²) in [6.07, 6.45) is 12.4. The molecule has 1 aliphatic heterocycles. The van der Waals surface area contributed by atoms with Gasteiger partial charge in [0.25, 0.3) is 0 Å². The zero-order chi connectivity index (χ0) is 20.0. The second kappa shape index (κ2) is 7.43. The van der Waals surface area contributed by atoms with Crippen LogP contribution < -0.4 is 10.2 Å². The van der Waals surface area contributed by atoms with Crippen LogP contribution in [0.15, 0.2) is 36.4 Å². The summed E-state index contributed by atoms with van der Waals surface area (Å²) in [6.45, 7) is 0. The number of nitrogens with zero attached hydrogens (tertiary/aromatic N) is 1. The van der Waals surface area contributed by atoms with E-state index >= 15 is 0 Å². The van der Waals surface area contributed by atoms with Crippen molar-refractivity contribution < 1.29 is 14.4 Å². The average Bonchev–Trinajstić information content (AvgIpc) is 3.03. The van der Waals surface area contributed by atoms with E-state index < -0.39 is 0 Å². The smallest absolute Gasteiger partial charge is 0.238 e. The van der Waals surface area contributed by atoms with E-state index in [-0.39, 0.29) is 41.4 Å². The highest BCUT2D eigenvalue weighted by Gasteiger charge is 2.56. The summed E-state index contributed by atoms with van der Waals surface area (Å²) in [5.74, 6) is -0.0295. The lowest BCUT2D eigenvalue weighted by molar-refractivity contribution is -0.124. The largest absolute Gasteiger partial charge is 0.353 e. The van der Waals surface area contributed by atoms with Gasteiger partial charge in [-0.3, -0.25) is 19.3 Å². The van der Waals surface area contributed by atoms with Gasteiger partial charge >= 0.3 is 0 Å². The zero-order valence-electron chi connectivity index (χ0n) is 16.7. The number of hydrogen-bond acceptors (Lipinski definition) is 3. The van der Waals surface area contributed by atoms with Gasteiger partial charge in [-0.2, -0.15) is 0 Å². The predicted molar refractivity (Wildman–Crippen MR) is 110 cm³/mol. The van der Waals surface area contributed by atoms with Gasteiger partial charge in [-0.25, -0.2) is 0 Å². The molecule has 152 valence electrons. The molecule has 4 atom stereocenters. The summed E-state index contributed by atoms with van der Waals surface area (Å²) < 4.78 is 0. The molecule has 29 heavy (non-hydrogen) atoms. The van der Waals surface area contributed by atoms with Crippen molar-refractivity contribution in [2.75, 3.05) is 4.90 Å². The minimum absolute atomic E-state index is 0.0478. The van der Waals surface area contributed by atoms with Crippen LogP contribution >= 0.6 is 0 Å². The number of carbonyl (C=O) groups is 3. The Morgan fingerprint density at radius 1 is 0.862 bits per heavy atom. The summed E-state index contributed by atoms with van der Waals surface area (Å²) in [5.41, 5.74) is 1.53. The second-order valence-corrected chi connectivity index (χ2v) is 9.10. The molecular weight excluding hydrogens is 364 g/mol. The third-order valence-electron chi connectivity index (χ3n) is 7.29. The number of benzene rings is 1. The number of imide groups is 1. The Morgan fingerprint density at radius 3 is 2.00 bits per heavy atom. The Hall–Kier alpha value is -2.43. The molecule has 1 aromatic carbocycles. The summed E-state index contributed by atoms with van der Waals surface area (Å²) in [4.78, 5) is 39.8. The molecule has 0 radical (unpaired) electrons. The van der Waals surface area contributed by atoms with Gasteiger partial charge in [0.15, 0.2) is 0 Å². The van der Waals surface area contributed by atoms with Crippen molar-refractivity contribution in [3.8, 4) is 0 Å². The zero-order valence-corrected chi connectivity index (χ0v) is 16.7. The molecule has 3 amide bonds. The first-order valence-corrected chi connectivity index (χ1v) is 11.1. The van der Waals surface area contributed by atoms with Crippen LogP contribution in [0.5, 0.6) is 0 Å². The Labute approximate surface area is 171 Å². The minimum atomic E-state index is -0.188. The van der Waals surface area contributed by atoms with Crippen molar-refractivity contribution in [3.63, 3.8) is 0 Å². The van der Waals surface area contributed by atoms with Crippen molar-refractivity contribution in [2.24, 2.45) is 23.7 Å². The number of nitrogens with one attached hydrogen (secondary N) is 1. The Morgan fingerprint density at radius 2 is 1.45 bits per heavy atom. The standard InChI is InChI=1S/C24H28N2O3/c27-20(25-18-4-2-1-3-5-18)14-15-6-12-19(13-7-15)26-23(28)21-16-8-9-17(11-10-16)22(21)24(26)29/h6-9,12-13,16-18,21-22H,1-5,10-11,14H2,(H,25,27). The lowest BCUT2D eigenvalue weighted by Crippen LogP contribution is -2.38. The lowest BCUT2D eigenvalue weighted by Gasteiger charge is -2.38. The van der Waals surface area contributed by atoms with Gasteiger partial charge in [-0.1, -0.05) is 43.5 Å². The number of allylic oxidation sites excluding steroid dienone is 2. The van der Waals surface area contributed by atoms with E-state index in [2.05, 4.69) is 17.5 Å². The quantitative estimate of drug-likeness (QED) is 0.631. The number of anilines is 1. The fourth-order valence-corrected chi connectivity index (χ4v) is 5.80. The van der Waals surface area contributed by atoms with Crippen LogP contribution in [-0.2, 0) is 20.8 Å². The molecule has 1 N–H and O–H groups in total.